The van der Waals surface area contributed by atoms with Gasteiger partial charge in [-0.05, 0) is 25.0 Å². The number of para-hydroxylation sites is 1. The van der Waals surface area contributed by atoms with E-state index in [1.807, 2.05) is 12.1 Å². The Bertz CT molecular complexity index is 499. The van der Waals surface area contributed by atoms with Crippen molar-refractivity contribution in [1.29, 1.82) is 0 Å². The van der Waals surface area contributed by atoms with Crippen molar-refractivity contribution in [2.45, 2.75) is 23.8 Å². The number of benzene rings is 1. The second-order valence-electron chi connectivity index (χ2n) is 4.59. The summed E-state index contributed by atoms with van der Waals surface area (Å²) >= 11 is 0. The quantitative estimate of drug-likeness (QED) is 0.856. The zero-order valence-corrected chi connectivity index (χ0v) is 10.8. The minimum absolute atomic E-state index is 0.136. The highest BCUT2D eigenvalue weighted by Gasteiger charge is 2.22. The van der Waals surface area contributed by atoms with Gasteiger partial charge in [0.2, 0.25) is 0 Å². The first-order valence-corrected chi connectivity index (χ1v) is 7.67. The molecule has 0 aliphatic carbocycles. The van der Waals surface area contributed by atoms with Gasteiger partial charge < -0.3 is 10.6 Å². The Morgan fingerprint density at radius 3 is 2.71 bits per heavy atom. The van der Waals surface area contributed by atoms with Gasteiger partial charge in [0.05, 0.1) is 10.6 Å². The molecule has 0 radical (unpaired) electrons. The van der Waals surface area contributed by atoms with Gasteiger partial charge in [-0.15, -0.1) is 0 Å². The van der Waals surface area contributed by atoms with Gasteiger partial charge in [-0.1, -0.05) is 12.1 Å². The second kappa shape index (κ2) is 4.66. The summed E-state index contributed by atoms with van der Waals surface area (Å²) in [4.78, 5) is 2.47. The van der Waals surface area contributed by atoms with E-state index >= 15 is 0 Å². The SMILES string of the molecule is CS(=O)(=O)c1ccccc1N1CCC[C@@H](N)C1. The first-order valence-electron chi connectivity index (χ1n) is 5.78. The number of hydrogen-bond acceptors (Lipinski definition) is 4. The van der Waals surface area contributed by atoms with Crippen LogP contribution in [0.4, 0.5) is 5.69 Å². The Morgan fingerprint density at radius 2 is 2.06 bits per heavy atom. The van der Waals surface area contributed by atoms with Gasteiger partial charge in [0, 0.05) is 25.4 Å². The lowest BCUT2D eigenvalue weighted by Gasteiger charge is -2.33. The van der Waals surface area contributed by atoms with Crippen molar-refractivity contribution < 1.29 is 8.42 Å². The lowest BCUT2D eigenvalue weighted by Crippen LogP contribution is -2.43. The molecular formula is C12H18N2O2S. The molecule has 1 atom stereocenters. The van der Waals surface area contributed by atoms with E-state index in [4.69, 9.17) is 5.73 Å². The number of nitrogens with two attached hydrogens (primary N) is 1. The molecule has 0 aromatic heterocycles. The third-order valence-corrected chi connectivity index (χ3v) is 4.21. The van der Waals surface area contributed by atoms with Gasteiger partial charge in [-0.2, -0.15) is 0 Å². The Labute approximate surface area is 102 Å². The van der Waals surface area contributed by atoms with Gasteiger partial charge in [0.1, 0.15) is 0 Å². The molecule has 0 amide bonds. The number of piperidine rings is 1. The van der Waals surface area contributed by atoms with Gasteiger partial charge in [-0.3, -0.25) is 0 Å². The van der Waals surface area contributed by atoms with Crippen molar-refractivity contribution >= 4 is 15.5 Å². The standard InChI is InChI=1S/C12H18N2O2S/c1-17(15,16)12-7-3-2-6-11(12)14-8-4-5-10(13)9-14/h2-3,6-7,10H,4-5,8-9,13H2,1H3/t10-/m1/s1. The predicted octanol–water partition coefficient (Wildman–Crippen LogP) is 1.02. The third-order valence-electron chi connectivity index (χ3n) is 3.06. The van der Waals surface area contributed by atoms with Gasteiger partial charge in [0.15, 0.2) is 9.84 Å². The van der Waals surface area contributed by atoms with Crippen molar-refractivity contribution in [3.05, 3.63) is 24.3 Å². The first kappa shape index (κ1) is 12.4. The molecule has 1 aliphatic heterocycles. The molecule has 0 bridgehead atoms. The summed E-state index contributed by atoms with van der Waals surface area (Å²) in [5, 5.41) is 0. The summed E-state index contributed by atoms with van der Waals surface area (Å²) in [6.45, 7) is 1.60. The molecule has 1 saturated heterocycles. The van der Waals surface area contributed by atoms with Crippen molar-refractivity contribution in [2.24, 2.45) is 5.73 Å². The summed E-state index contributed by atoms with van der Waals surface area (Å²) in [7, 11) is -3.18. The maximum atomic E-state index is 11.7. The van der Waals surface area contributed by atoms with Crippen molar-refractivity contribution in [3.63, 3.8) is 0 Å². The van der Waals surface area contributed by atoms with Crippen LogP contribution in [0.25, 0.3) is 0 Å². The molecule has 0 unspecified atom stereocenters. The molecule has 1 fully saturated rings. The Balaban J connectivity index is 2.38. The molecule has 94 valence electrons. The highest BCUT2D eigenvalue weighted by atomic mass is 32.2. The van der Waals surface area contributed by atoms with Crippen LogP contribution in [-0.4, -0.2) is 33.8 Å². The topological polar surface area (TPSA) is 63.4 Å². The van der Waals surface area contributed by atoms with Crippen LogP contribution in [-0.2, 0) is 9.84 Å². The molecule has 2 N–H and O–H groups in total. The van der Waals surface area contributed by atoms with E-state index in [1.54, 1.807) is 12.1 Å². The maximum absolute atomic E-state index is 11.7. The Hall–Kier alpha value is -1.07. The number of rotatable bonds is 2. The molecule has 4 nitrogen and oxygen atoms in total. The van der Waals surface area contributed by atoms with Crippen LogP contribution in [0.5, 0.6) is 0 Å². The molecule has 2 rings (SSSR count). The number of nitrogens with zero attached hydrogens (tertiary/aromatic N) is 1. The van der Waals surface area contributed by atoms with Crippen LogP contribution < -0.4 is 10.6 Å². The lowest BCUT2D eigenvalue weighted by molar-refractivity contribution is 0.503. The van der Waals surface area contributed by atoms with Crippen LogP contribution >= 0.6 is 0 Å². The molecule has 5 heteroatoms. The minimum Gasteiger partial charge on any atom is -0.369 e. The van der Waals surface area contributed by atoms with Crippen molar-refractivity contribution in [1.82, 2.24) is 0 Å². The van der Waals surface area contributed by atoms with E-state index in [1.165, 1.54) is 6.26 Å². The number of anilines is 1. The molecule has 0 spiro atoms. The predicted molar refractivity (Wildman–Crippen MR) is 69.0 cm³/mol. The zero-order valence-electron chi connectivity index (χ0n) is 9.96. The van der Waals surface area contributed by atoms with Crippen LogP contribution in [0.15, 0.2) is 29.2 Å². The average Bonchev–Trinajstić information content (AvgIpc) is 2.28. The molecule has 0 saturated carbocycles. The first-order chi connectivity index (χ1) is 7.98. The molecule has 1 heterocycles. The summed E-state index contributed by atoms with van der Waals surface area (Å²) in [6, 6.07) is 7.27. The molecule has 1 aliphatic rings. The smallest absolute Gasteiger partial charge is 0.177 e. The summed E-state index contributed by atoms with van der Waals surface area (Å²) in [5.41, 5.74) is 6.71. The molecular weight excluding hydrogens is 236 g/mol. The fraction of sp³-hybridized carbons (Fsp3) is 0.500. The number of hydrogen-bond donors (Lipinski definition) is 1. The zero-order chi connectivity index (χ0) is 12.5. The van der Waals surface area contributed by atoms with E-state index in [-0.39, 0.29) is 6.04 Å². The third kappa shape index (κ3) is 2.79. The normalized spacial score (nSPS) is 21.5. The largest absolute Gasteiger partial charge is 0.369 e. The van der Waals surface area contributed by atoms with E-state index in [9.17, 15) is 8.42 Å². The summed E-state index contributed by atoms with van der Waals surface area (Å²) in [6.07, 6.45) is 3.27. The van der Waals surface area contributed by atoms with Crippen LogP contribution in [0, 0.1) is 0 Å². The maximum Gasteiger partial charge on any atom is 0.177 e. The molecule has 17 heavy (non-hydrogen) atoms. The minimum atomic E-state index is -3.18. The van der Waals surface area contributed by atoms with E-state index < -0.39 is 9.84 Å². The van der Waals surface area contributed by atoms with Crippen LogP contribution in [0.3, 0.4) is 0 Å². The Kier molecular flexibility index (Phi) is 3.40. The second-order valence-corrected chi connectivity index (χ2v) is 6.57. The molecule has 1 aromatic carbocycles. The van der Waals surface area contributed by atoms with E-state index in [2.05, 4.69) is 4.90 Å². The lowest BCUT2D eigenvalue weighted by atomic mass is 10.1. The fourth-order valence-corrected chi connectivity index (χ4v) is 3.16. The van der Waals surface area contributed by atoms with Gasteiger partial charge in [-0.25, -0.2) is 8.42 Å². The van der Waals surface area contributed by atoms with Crippen LogP contribution in [0.1, 0.15) is 12.8 Å². The highest BCUT2D eigenvalue weighted by molar-refractivity contribution is 7.90. The Morgan fingerprint density at radius 1 is 1.35 bits per heavy atom. The summed E-state index contributed by atoms with van der Waals surface area (Å²) < 4.78 is 23.4. The van der Waals surface area contributed by atoms with Crippen molar-refractivity contribution in [2.75, 3.05) is 24.2 Å². The van der Waals surface area contributed by atoms with Gasteiger partial charge >= 0.3 is 0 Å². The average molecular weight is 254 g/mol. The van der Waals surface area contributed by atoms with E-state index in [0.717, 1.165) is 31.6 Å². The van der Waals surface area contributed by atoms with E-state index in [0.29, 0.717) is 4.90 Å². The van der Waals surface area contributed by atoms with Crippen molar-refractivity contribution in [3.8, 4) is 0 Å². The highest BCUT2D eigenvalue weighted by Crippen LogP contribution is 2.27. The van der Waals surface area contributed by atoms with Crippen LogP contribution in [0.2, 0.25) is 0 Å². The monoisotopic (exact) mass is 254 g/mol. The summed E-state index contributed by atoms with van der Waals surface area (Å²) in [5.74, 6) is 0. The fourth-order valence-electron chi connectivity index (χ4n) is 2.26. The van der Waals surface area contributed by atoms with Gasteiger partial charge in [0.25, 0.3) is 0 Å². The number of sulfone groups is 1. The molecule has 1 aromatic rings.